The summed E-state index contributed by atoms with van der Waals surface area (Å²) in [6.45, 7) is 1.89. The van der Waals surface area contributed by atoms with Crippen molar-refractivity contribution in [3.8, 4) is 0 Å². The minimum atomic E-state index is -1.79. The molecule has 1 N–H and O–H groups in total. The predicted molar refractivity (Wildman–Crippen MR) is 83.9 cm³/mol. The molecule has 0 bridgehead atoms. The molecular weight excluding hydrogens is 278 g/mol. The van der Waals surface area contributed by atoms with Crippen LogP contribution < -0.4 is 4.90 Å². The van der Waals surface area contributed by atoms with Gasteiger partial charge in [-0.05, 0) is 13.0 Å². The number of fused-ring (bicyclic) bond motifs is 1. The summed E-state index contributed by atoms with van der Waals surface area (Å²) < 4.78 is 0. The van der Waals surface area contributed by atoms with Crippen LogP contribution in [-0.2, 0) is 10.4 Å². The molecule has 22 heavy (non-hydrogen) atoms. The first-order valence-electron chi connectivity index (χ1n) is 7.13. The van der Waals surface area contributed by atoms with Crippen molar-refractivity contribution in [2.75, 3.05) is 11.9 Å². The molecule has 1 aliphatic rings. The molecule has 4 heteroatoms. The van der Waals surface area contributed by atoms with Crippen molar-refractivity contribution in [3.63, 3.8) is 0 Å². The minimum absolute atomic E-state index is 0.251. The third-order valence-corrected chi connectivity index (χ3v) is 4.13. The zero-order valence-corrected chi connectivity index (χ0v) is 12.5. The van der Waals surface area contributed by atoms with Crippen molar-refractivity contribution in [3.05, 3.63) is 65.2 Å². The van der Waals surface area contributed by atoms with E-state index in [1.165, 1.54) is 4.90 Å². The second-order valence-corrected chi connectivity index (χ2v) is 5.71. The highest BCUT2D eigenvalue weighted by Crippen LogP contribution is 2.42. The smallest absolute Gasteiger partial charge is 0.263 e. The molecule has 0 saturated carbocycles. The van der Waals surface area contributed by atoms with Gasteiger partial charge in [-0.1, -0.05) is 48.0 Å². The highest BCUT2D eigenvalue weighted by atomic mass is 16.3. The Balaban J connectivity index is 2.01. The number of carbonyl (C=O) groups is 2. The average Bonchev–Trinajstić information content (AvgIpc) is 2.70. The van der Waals surface area contributed by atoms with Crippen LogP contribution in [-0.4, -0.2) is 23.8 Å². The van der Waals surface area contributed by atoms with Crippen molar-refractivity contribution in [2.45, 2.75) is 18.9 Å². The Morgan fingerprint density at radius 3 is 2.55 bits per heavy atom. The van der Waals surface area contributed by atoms with Gasteiger partial charge in [-0.2, -0.15) is 0 Å². The van der Waals surface area contributed by atoms with Gasteiger partial charge in [0.05, 0.1) is 12.1 Å². The largest absolute Gasteiger partial charge is 0.375 e. The first-order valence-corrected chi connectivity index (χ1v) is 7.13. The molecule has 1 aliphatic heterocycles. The van der Waals surface area contributed by atoms with Gasteiger partial charge in [-0.15, -0.1) is 0 Å². The van der Waals surface area contributed by atoms with Crippen molar-refractivity contribution in [1.29, 1.82) is 0 Å². The van der Waals surface area contributed by atoms with Gasteiger partial charge < -0.3 is 10.0 Å². The Morgan fingerprint density at radius 2 is 1.86 bits per heavy atom. The lowest BCUT2D eigenvalue weighted by atomic mass is 9.87. The second kappa shape index (κ2) is 5.07. The van der Waals surface area contributed by atoms with Crippen molar-refractivity contribution >= 4 is 17.4 Å². The zero-order chi connectivity index (χ0) is 15.9. The van der Waals surface area contributed by atoms with Crippen molar-refractivity contribution in [2.24, 2.45) is 0 Å². The number of aryl methyl sites for hydroxylation is 1. The number of ketones is 1. The Kier molecular flexibility index (Phi) is 3.34. The molecular formula is C18H17NO3. The molecule has 0 aromatic heterocycles. The lowest BCUT2D eigenvalue weighted by Crippen LogP contribution is -2.40. The summed E-state index contributed by atoms with van der Waals surface area (Å²) in [5.41, 5.74) is 0.798. The van der Waals surface area contributed by atoms with Crippen molar-refractivity contribution in [1.82, 2.24) is 0 Å². The third-order valence-electron chi connectivity index (χ3n) is 4.13. The molecule has 0 saturated heterocycles. The van der Waals surface area contributed by atoms with Crippen LogP contribution >= 0.6 is 0 Å². The first-order chi connectivity index (χ1) is 10.4. The molecule has 0 unspecified atom stereocenters. The second-order valence-electron chi connectivity index (χ2n) is 5.71. The van der Waals surface area contributed by atoms with Crippen LogP contribution in [0.3, 0.4) is 0 Å². The van der Waals surface area contributed by atoms with Gasteiger partial charge in [0.1, 0.15) is 0 Å². The number of likely N-dealkylation sites (N-methyl/N-ethyl adjacent to an activating group) is 1. The average molecular weight is 295 g/mol. The standard InChI is InChI=1S/C18H17NO3/c1-12-8-9-15-14(10-12)18(22,17(21)19(15)2)11-16(20)13-6-4-3-5-7-13/h3-10,22H,11H2,1-2H3/t18-/m1/s1. The molecule has 0 fully saturated rings. The molecule has 0 radical (unpaired) electrons. The zero-order valence-electron chi connectivity index (χ0n) is 12.5. The predicted octanol–water partition coefficient (Wildman–Crippen LogP) is 2.43. The molecule has 0 aliphatic carbocycles. The van der Waals surface area contributed by atoms with Crippen LogP contribution in [0.2, 0.25) is 0 Å². The molecule has 2 aromatic rings. The van der Waals surface area contributed by atoms with Gasteiger partial charge in [-0.25, -0.2) is 0 Å². The normalized spacial score (nSPS) is 20.1. The van der Waals surface area contributed by atoms with E-state index in [0.29, 0.717) is 16.8 Å². The quantitative estimate of drug-likeness (QED) is 0.885. The van der Waals surface area contributed by atoms with E-state index in [1.807, 2.05) is 19.1 Å². The molecule has 1 atom stereocenters. The summed E-state index contributed by atoms with van der Waals surface area (Å²) in [5.74, 6) is -0.711. The topological polar surface area (TPSA) is 57.6 Å². The maximum Gasteiger partial charge on any atom is 0.263 e. The van der Waals surface area contributed by atoms with E-state index in [-0.39, 0.29) is 12.2 Å². The number of aliphatic hydroxyl groups is 1. The molecule has 0 spiro atoms. The molecule has 112 valence electrons. The van der Waals surface area contributed by atoms with E-state index in [0.717, 1.165) is 5.56 Å². The highest BCUT2D eigenvalue weighted by Gasteiger charge is 2.49. The lowest BCUT2D eigenvalue weighted by molar-refractivity contribution is -0.135. The molecule has 1 amide bonds. The van der Waals surface area contributed by atoms with Crippen LogP contribution in [0.5, 0.6) is 0 Å². The van der Waals surface area contributed by atoms with Gasteiger partial charge in [0.2, 0.25) is 0 Å². The first kappa shape index (κ1) is 14.5. The van der Waals surface area contributed by atoms with Gasteiger partial charge in [0.15, 0.2) is 11.4 Å². The van der Waals surface area contributed by atoms with E-state index in [1.54, 1.807) is 43.4 Å². The third kappa shape index (κ3) is 2.12. The molecule has 1 heterocycles. The minimum Gasteiger partial charge on any atom is -0.375 e. The van der Waals surface area contributed by atoms with Gasteiger partial charge in [0.25, 0.3) is 5.91 Å². The van der Waals surface area contributed by atoms with Crippen molar-refractivity contribution < 1.29 is 14.7 Å². The summed E-state index contributed by atoms with van der Waals surface area (Å²) in [6, 6.07) is 14.2. The number of benzene rings is 2. The Hall–Kier alpha value is -2.46. The Bertz CT molecular complexity index is 754. The Labute approximate surface area is 129 Å². The monoisotopic (exact) mass is 295 g/mol. The van der Waals surface area contributed by atoms with Crippen LogP contribution in [0.25, 0.3) is 0 Å². The van der Waals surface area contributed by atoms with Gasteiger partial charge in [0, 0.05) is 18.2 Å². The van der Waals surface area contributed by atoms with Crippen LogP contribution in [0.1, 0.15) is 27.9 Å². The summed E-state index contributed by atoms with van der Waals surface area (Å²) in [7, 11) is 1.61. The summed E-state index contributed by atoms with van der Waals surface area (Å²) in [5, 5.41) is 10.9. The van der Waals surface area contributed by atoms with E-state index in [4.69, 9.17) is 0 Å². The van der Waals surface area contributed by atoms with E-state index in [2.05, 4.69) is 0 Å². The number of Topliss-reactive ketones (excluding diaryl/α,β-unsaturated/α-hetero) is 1. The lowest BCUT2D eigenvalue weighted by Gasteiger charge is -2.21. The fraction of sp³-hybridized carbons (Fsp3) is 0.222. The number of hydrogen-bond acceptors (Lipinski definition) is 3. The molecule has 2 aromatic carbocycles. The van der Waals surface area contributed by atoms with E-state index >= 15 is 0 Å². The number of anilines is 1. The number of hydrogen-bond donors (Lipinski definition) is 1. The summed E-state index contributed by atoms with van der Waals surface area (Å²) >= 11 is 0. The number of rotatable bonds is 3. The maximum absolute atomic E-state index is 12.5. The van der Waals surface area contributed by atoms with Crippen LogP contribution in [0.15, 0.2) is 48.5 Å². The number of carbonyl (C=O) groups excluding carboxylic acids is 2. The summed E-state index contributed by atoms with van der Waals surface area (Å²) in [6.07, 6.45) is -0.253. The van der Waals surface area contributed by atoms with Crippen LogP contribution in [0, 0.1) is 6.92 Å². The number of nitrogens with zero attached hydrogens (tertiary/aromatic N) is 1. The SMILES string of the molecule is Cc1ccc2c(c1)[C@](O)(CC(=O)c1ccccc1)C(=O)N2C. The fourth-order valence-corrected chi connectivity index (χ4v) is 2.90. The maximum atomic E-state index is 12.5. The Morgan fingerprint density at radius 1 is 1.18 bits per heavy atom. The fourth-order valence-electron chi connectivity index (χ4n) is 2.90. The van der Waals surface area contributed by atoms with Gasteiger partial charge >= 0.3 is 0 Å². The van der Waals surface area contributed by atoms with Crippen LogP contribution in [0.4, 0.5) is 5.69 Å². The number of amides is 1. The molecule has 4 nitrogen and oxygen atoms in total. The summed E-state index contributed by atoms with van der Waals surface area (Å²) in [4.78, 5) is 26.3. The van der Waals surface area contributed by atoms with E-state index < -0.39 is 11.5 Å². The van der Waals surface area contributed by atoms with Gasteiger partial charge in [-0.3, -0.25) is 9.59 Å². The highest BCUT2D eigenvalue weighted by molar-refractivity contribution is 6.10. The van der Waals surface area contributed by atoms with E-state index in [9.17, 15) is 14.7 Å². The molecule has 3 rings (SSSR count).